The second-order valence-corrected chi connectivity index (χ2v) is 4.72. The maximum absolute atomic E-state index is 5.46. The molecule has 0 aliphatic heterocycles. The normalized spacial score (nSPS) is 18.9. The van der Waals surface area contributed by atoms with Gasteiger partial charge in [0.25, 0.3) is 0 Å². The Morgan fingerprint density at radius 2 is 2.35 bits per heavy atom. The molecule has 2 nitrogen and oxygen atoms in total. The van der Waals surface area contributed by atoms with E-state index in [2.05, 4.69) is 36.7 Å². The Kier molecular flexibility index (Phi) is 3.85. The lowest BCUT2D eigenvalue weighted by Crippen LogP contribution is -2.36. The van der Waals surface area contributed by atoms with Crippen molar-refractivity contribution in [3.8, 4) is 5.75 Å². The third kappa shape index (κ3) is 2.52. The lowest BCUT2D eigenvalue weighted by Gasteiger charge is -2.32. The second kappa shape index (κ2) is 5.37. The zero-order valence-electron chi connectivity index (χ0n) is 10.8. The van der Waals surface area contributed by atoms with Crippen LogP contribution < -0.4 is 4.74 Å². The van der Waals surface area contributed by atoms with E-state index in [1.54, 1.807) is 7.11 Å². The van der Waals surface area contributed by atoms with Crippen LogP contribution in [-0.4, -0.2) is 31.6 Å². The molecule has 2 heteroatoms. The van der Waals surface area contributed by atoms with Crippen molar-refractivity contribution < 1.29 is 4.74 Å². The minimum Gasteiger partial charge on any atom is -0.496 e. The molecule has 1 atom stereocenters. The van der Waals surface area contributed by atoms with Crippen LogP contribution in [-0.2, 0) is 12.8 Å². The molecule has 1 aliphatic carbocycles. The van der Waals surface area contributed by atoms with E-state index >= 15 is 0 Å². The average Bonchev–Trinajstić information content (AvgIpc) is 2.37. The summed E-state index contributed by atoms with van der Waals surface area (Å²) in [4.78, 5) is 2.38. The molecule has 0 fully saturated rings. The maximum Gasteiger partial charge on any atom is 0.122 e. The molecule has 0 heterocycles. The minimum absolute atomic E-state index is 0.608. The van der Waals surface area contributed by atoms with Gasteiger partial charge >= 0.3 is 0 Å². The first-order chi connectivity index (χ1) is 8.26. The van der Waals surface area contributed by atoms with Gasteiger partial charge in [-0.05, 0) is 43.5 Å². The van der Waals surface area contributed by atoms with E-state index in [1.807, 2.05) is 6.08 Å². The summed E-state index contributed by atoms with van der Waals surface area (Å²) in [6.07, 6.45) is 5.44. The van der Waals surface area contributed by atoms with Crippen LogP contribution in [0.1, 0.15) is 17.5 Å². The van der Waals surface area contributed by atoms with E-state index in [1.165, 1.54) is 17.5 Å². The van der Waals surface area contributed by atoms with Gasteiger partial charge in [-0.15, -0.1) is 6.58 Å². The van der Waals surface area contributed by atoms with Gasteiger partial charge in [0.1, 0.15) is 5.75 Å². The Hall–Kier alpha value is -1.28. The summed E-state index contributed by atoms with van der Waals surface area (Å²) in [5, 5.41) is 0. The fourth-order valence-electron chi connectivity index (χ4n) is 2.66. The van der Waals surface area contributed by atoms with E-state index in [9.17, 15) is 0 Å². The van der Waals surface area contributed by atoms with E-state index in [0.717, 1.165) is 25.1 Å². The molecule has 0 amide bonds. The minimum atomic E-state index is 0.608. The molecule has 0 spiro atoms. The first kappa shape index (κ1) is 12.2. The number of likely N-dealkylation sites (N-methyl/N-ethyl adjacent to an activating group) is 1. The van der Waals surface area contributed by atoms with Crippen LogP contribution in [0.3, 0.4) is 0 Å². The van der Waals surface area contributed by atoms with Crippen molar-refractivity contribution >= 4 is 0 Å². The molecule has 1 aromatic carbocycles. The maximum atomic E-state index is 5.46. The van der Waals surface area contributed by atoms with Crippen molar-refractivity contribution in [1.29, 1.82) is 0 Å². The smallest absolute Gasteiger partial charge is 0.122 e. The zero-order valence-corrected chi connectivity index (χ0v) is 10.8. The van der Waals surface area contributed by atoms with E-state index in [0.29, 0.717) is 6.04 Å². The Balaban J connectivity index is 2.19. The van der Waals surface area contributed by atoms with Crippen molar-refractivity contribution in [2.24, 2.45) is 0 Å². The summed E-state index contributed by atoms with van der Waals surface area (Å²) >= 11 is 0. The quantitative estimate of drug-likeness (QED) is 0.739. The number of ether oxygens (including phenoxy) is 1. The summed E-state index contributed by atoms with van der Waals surface area (Å²) in [6.45, 7) is 4.76. The van der Waals surface area contributed by atoms with Crippen molar-refractivity contribution in [2.75, 3.05) is 20.7 Å². The standard InChI is InChI=1S/C15H21NO/c1-4-10-16(2)13-9-8-12-6-5-7-15(17-3)14(12)11-13/h4-7,13H,1,8-11H2,2-3H3. The number of hydrogen-bond acceptors (Lipinski definition) is 2. The molecular formula is C15H21NO. The van der Waals surface area contributed by atoms with Gasteiger partial charge in [0, 0.05) is 12.6 Å². The summed E-state index contributed by atoms with van der Waals surface area (Å²) in [7, 11) is 3.93. The van der Waals surface area contributed by atoms with Crippen molar-refractivity contribution in [1.82, 2.24) is 4.90 Å². The first-order valence-electron chi connectivity index (χ1n) is 6.22. The monoisotopic (exact) mass is 231 g/mol. The Morgan fingerprint density at radius 3 is 3.06 bits per heavy atom. The SMILES string of the molecule is C=CCN(C)C1CCc2cccc(OC)c2C1. The van der Waals surface area contributed by atoms with Crippen molar-refractivity contribution in [3.63, 3.8) is 0 Å². The molecule has 0 saturated heterocycles. The van der Waals surface area contributed by atoms with E-state index < -0.39 is 0 Å². The number of rotatable bonds is 4. The number of fused-ring (bicyclic) bond motifs is 1. The number of aryl methyl sites for hydroxylation is 1. The fourth-order valence-corrected chi connectivity index (χ4v) is 2.66. The second-order valence-electron chi connectivity index (χ2n) is 4.72. The average molecular weight is 231 g/mol. The molecule has 1 aliphatic rings. The Bertz CT molecular complexity index is 386. The number of benzene rings is 1. The summed E-state index contributed by atoms with van der Waals surface area (Å²) in [5.74, 6) is 1.04. The van der Waals surface area contributed by atoms with Gasteiger partial charge in [0.2, 0.25) is 0 Å². The van der Waals surface area contributed by atoms with Gasteiger partial charge in [-0.25, -0.2) is 0 Å². The van der Waals surface area contributed by atoms with Gasteiger partial charge in [-0.1, -0.05) is 18.2 Å². The van der Waals surface area contributed by atoms with Crippen LogP contribution in [0.5, 0.6) is 5.75 Å². The summed E-state index contributed by atoms with van der Waals surface area (Å²) in [6, 6.07) is 6.98. The van der Waals surface area contributed by atoms with Crippen LogP contribution >= 0.6 is 0 Å². The molecule has 0 radical (unpaired) electrons. The molecule has 0 aromatic heterocycles. The number of methoxy groups -OCH3 is 1. The van der Waals surface area contributed by atoms with Gasteiger partial charge in [-0.2, -0.15) is 0 Å². The predicted octanol–water partition coefficient (Wildman–Crippen LogP) is 2.67. The largest absolute Gasteiger partial charge is 0.496 e. The molecule has 17 heavy (non-hydrogen) atoms. The molecule has 92 valence electrons. The Morgan fingerprint density at radius 1 is 1.53 bits per heavy atom. The predicted molar refractivity (Wildman–Crippen MR) is 71.6 cm³/mol. The highest BCUT2D eigenvalue weighted by atomic mass is 16.5. The summed E-state index contributed by atoms with van der Waals surface area (Å²) in [5.41, 5.74) is 2.84. The van der Waals surface area contributed by atoms with Gasteiger partial charge in [-0.3, -0.25) is 4.90 Å². The highest BCUT2D eigenvalue weighted by Gasteiger charge is 2.23. The van der Waals surface area contributed by atoms with Gasteiger partial charge < -0.3 is 4.74 Å². The third-order valence-corrected chi connectivity index (χ3v) is 3.68. The molecule has 0 saturated carbocycles. The molecular weight excluding hydrogens is 210 g/mol. The van der Waals surface area contributed by atoms with Crippen LogP contribution in [0.25, 0.3) is 0 Å². The van der Waals surface area contributed by atoms with E-state index in [-0.39, 0.29) is 0 Å². The highest BCUT2D eigenvalue weighted by molar-refractivity contribution is 5.42. The van der Waals surface area contributed by atoms with Crippen molar-refractivity contribution in [3.05, 3.63) is 42.0 Å². The summed E-state index contributed by atoms with van der Waals surface area (Å²) < 4.78 is 5.46. The third-order valence-electron chi connectivity index (χ3n) is 3.68. The Labute approximate surface area is 104 Å². The van der Waals surface area contributed by atoms with Crippen molar-refractivity contribution in [2.45, 2.75) is 25.3 Å². The molecule has 2 rings (SSSR count). The van der Waals surface area contributed by atoms with Gasteiger partial charge in [0.15, 0.2) is 0 Å². The lowest BCUT2D eigenvalue weighted by atomic mass is 9.87. The molecule has 1 aromatic rings. The first-order valence-corrected chi connectivity index (χ1v) is 6.22. The lowest BCUT2D eigenvalue weighted by molar-refractivity contribution is 0.241. The molecule has 1 unspecified atom stereocenters. The van der Waals surface area contributed by atoms with Gasteiger partial charge in [0.05, 0.1) is 7.11 Å². The molecule has 0 N–H and O–H groups in total. The number of hydrogen-bond donors (Lipinski definition) is 0. The van der Waals surface area contributed by atoms with Crippen LogP contribution in [0, 0.1) is 0 Å². The molecule has 0 bridgehead atoms. The van der Waals surface area contributed by atoms with Crippen LogP contribution in [0.2, 0.25) is 0 Å². The zero-order chi connectivity index (χ0) is 12.3. The number of nitrogens with zero attached hydrogens (tertiary/aromatic N) is 1. The highest BCUT2D eigenvalue weighted by Crippen LogP contribution is 2.30. The fraction of sp³-hybridized carbons (Fsp3) is 0.467. The van der Waals surface area contributed by atoms with E-state index in [4.69, 9.17) is 4.74 Å². The van der Waals surface area contributed by atoms with Crippen LogP contribution in [0.4, 0.5) is 0 Å². The topological polar surface area (TPSA) is 12.5 Å². The van der Waals surface area contributed by atoms with Crippen LogP contribution in [0.15, 0.2) is 30.9 Å².